The molecule has 0 atom stereocenters. The van der Waals surface area contributed by atoms with Crippen molar-refractivity contribution >= 4 is 18.6 Å². The lowest BCUT2D eigenvalue weighted by atomic mass is 9.73. The van der Waals surface area contributed by atoms with Crippen LogP contribution in [0.3, 0.4) is 0 Å². The summed E-state index contributed by atoms with van der Waals surface area (Å²) in [5.41, 5.74) is 0.794. The topological polar surface area (TPSA) is 55.8 Å². The Labute approximate surface area is 101 Å². The van der Waals surface area contributed by atoms with E-state index in [4.69, 9.17) is 14.4 Å². The summed E-state index contributed by atoms with van der Waals surface area (Å²) in [7, 11) is -0.574. The van der Waals surface area contributed by atoms with E-state index in [1.54, 1.807) is 24.3 Å². The molecule has 1 aromatic rings. The van der Waals surface area contributed by atoms with Crippen LogP contribution in [0.5, 0.6) is 0 Å². The zero-order valence-corrected chi connectivity index (χ0v) is 9.97. The maximum absolute atomic E-state index is 11.1. The molecule has 90 valence electrons. The molecule has 1 fully saturated rings. The molecule has 0 bridgehead atoms. The zero-order chi connectivity index (χ0) is 12.5. The fraction of sp³-hybridized carbons (Fsp3) is 0.417. The summed E-state index contributed by atoms with van der Waals surface area (Å²) in [5.74, 6) is -0.961. The van der Waals surface area contributed by atoms with E-state index in [-0.39, 0.29) is 11.0 Å². The highest BCUT2D eigenvalue weighted by Gasteiger charge is 2.35. The lowest BCUT2D eigenvalue weighted by molar-refractivity contribution is 0.0341. The minimum Gasteiger partial charge on any atom is -0.478 e. The van der Waals surface area contributed by atoms with E-state index in [0.29, 0.717) is 18.7 Å². The summed E-state index contributed by atoms with van der Waals surface area (Å²) in [6, 6.07) is 6.77. The number of carbonyl (C=O) groups is 1. The van der Waals surface area contributed by atoms with E-state index >= 15 is 0 Å². The number of aromatic carboxylic acids is 1. The number of rotatable bonds is 2. The van der Waals surface area contributed by atoms with Gasteiger partial charge in [-0.2, -0.15) is 0 Å². The Hall–Kier alpha value is -1.33. The van der Waals surface area contributed by atoms with Gasteiger partial charge < -0.3 is 14.4 Å². The van der Waals surface area contributed by atoms with Crippen LogP contribution in [-0.2, 0) is 9.31 Å². The average molecular weight is 234 g/mol. The molecular weight excluding hydrogens is 219 g/mol. The molecule has 0 radical (unpaired) electrons. The number of benzene rings is 1. The summed E-state index contributed by atoms with van der Waals surface area (Å²) >= 11 is 0. The molecule has 0 amide bonds. The Bertz CT molecular complexity index is 420. The van der Waals surface area contributed by atoms with Crippen molar-refractivity contribution in [1.29, 1.82) is 0 Å². The van der Waals surface area contributed by atoms with E-state index in [9.17, 15) is 4.79 Å². The lowest BCUT2D eigenvalue weighted by Gasteiger charge is -2.33. The van der Waals surface area contributed by atoms with Gasteiger partial charge in [-0.05, 0) is 11.5 Å². The smallest absolute Gasteiger partial charge is 0.478 e. The van der Waals surface area contributed by atoms with Crippen molar-refractivity contribution in [3.05, 3.63) is 29.8 Å². The SMILES string of the molecule is CC1(C)COB(c2ccccc2C(=O)O)OC1. The average Bonchev–Trinajstić information content (AvgIpc) is 2.29. The fourth-order valence-corrected chi connectivity index (χ4v) is 1.77. The van der Waals surface area contributed by atoms with E-state index in [1.165, 1.54) is 0 Å². The third kappa shape index (κ3) is 2.68. The molecule has 1 heterocycles. The second-order valence-corrected chi connectivity index (χ2v) is 5.01. The van der Waals surface area contributed by atoms with Crippen LogP contribution < -0.4 is 5.46 Å². The van der Waals surface area contributed by atoms with Crippen molar-refractivity contribution in [2.45, 2.75) is 13.8 Å². The molecule has 17 heavy (non-hydrogen) atoms. The maximum Gasteiger partial charge on any atom is 0.494 e. The second-order valence-electron chi connectivity index (χ2n) is 5.01. The predicted octanol–water partition coefficient (Wildman–Crippen LogP) is 1.15. The van der Waals surface area contributed by atoms with Crippen molar-refractivity contribution in [3.63, 3.8) is 0 Å². The quantitative estimate of drug-likeness (QED) is 0.780. The van der Waals surface area contributed by atoms with E-state index in [0.717, 1.165) is 0 Å². The van der Waals surface area contributed by atoms with Gasteiger partial charge in [0, 0.05) is 18.6 Å². The van der Waals surface area contributed by atoms with Crippen LogP contribution >= 0.6 is 0 Å². The van der Waals surface area contributed by atoms with E-state index < -0.39 is 13.1 Å². The third-order valence-corrected chi connectivity index (χ3v) is 2.70. The van der Waals surface area contributed by atoms with Crippen molar-refractivity contribution in [2.75, 3.05) is 13.2 Å². The first-order chi connectivity index (χ1) is 7.99. The number of hydrogen-bond donors (Lipinski definition) is 1. The van der Waals surface area contributed by atoms with Crippen molar-refractivity contribution < 1.29 is 19.2 Å². The Morgan fingerprint density at radius 1 is 1.29 bits per heavy atom. The molecule has 0 aliphatic carbocycles. The van der Waals surface area contributed by atoms with Crippen LogP contribution in [0.2, 0.25) is 0 Å². The van der Waals surface area contributed by atoms with Gasteiger partial charge in [-0.1, -0.05) is 32.0 Å². The number of hydrogen-bond acceptors (Lipinski definition) is 3. The molecule has 0 unspecified atom stereocenters. The maximum atomic E-state index is 11.1. The van der Waals surface area contributed by atoms with Crippen LogP contribution in [0, 0.1) is 5.41 Å². The van der Waals surface area contributed by atoms with Gasteiger partial charge in [0.1, 0.15) is 0 Å². The molecule has 1 aromatic carbocycles. The Morgan fingerprint density at radius 3 is 2.47 bits per heavy atom. The third-order valence-electron chi connectivity index (χ3n) is 2.70. The highest BCUT2D eigenvalue weighted by molar-refractivity contribution is 6.63. The van der Waals surface area contributed by atoms with Crippen LogP contribution in [0.25, 0.3) is 0 Å². The number of carboxylic acid groups (broad SMARTS) is 1. The first-order valence-electron chi connectivity index (χ1n) is 5.55. The first kappa shape index (κ1) is 12.1. The minimum absolute atomic E-state index is 0.0192. The van der Waals surface area contributed by atoms with Crippen LogP contribution in [-0.4, -0.2) is 31.4 Å². The second kappa shape index (κ2) is 4.51. The minimum atomic E-state index is -0.961. The molecule has 0 saturated carbocycles. The largest absolute Gasteiger partial charge is 0.494 e. The molecule has 0 aromatic heterocycles. The van der Waals surface area contributed by atoms with Crippen LogP contribution in [0.4, 0.5) is 0 Å². The van der Waals surface area contributed by atoms with Crippen LogP contribution in [0.15, 0.2) is 24.3 Å². The molecule has 1 N–H and O–H groups in total. The molecule has 1 saturated heterocycles. The molecule has 1 aliphatic heterocycles. The van der Waals surface area contributed by atoms with E-state index in [1.807, 2.05) is 13.8 Å². The van der Waals surface area contributed by atoms with Gasteiger partial charge in [-0.3, -0.25) is 0 Å². The van der Waals surface area contributed by atoms with Gasteiger partial charge in [0.25, 0.3) is 0 Å². The Kier molecular flexibility index (Phi) is 3.22. The van der Waals surface area contributed by atoms with Gasteiger partial charge in [-0.15, -0.1) is 0 Å². The summed E-state index contributed by atoms with van der Waals surface area (Å²) in [4.78, 5) is 11.1. The van der Waals surface area contributed by atoms with Gasteiger partial charge in [0.05, 0.1) is 5.56 Å². The standard InChI is InChI=1S/C12H15BO4/c1-12(2)7-16-13(17-8-12)10-6-4-3-5-9(10)11(14)15/h3-6H,7-8H2,1-2H3,(H,14,15). The Balaban J connectivity index is 2.21. The normalized spacial score (nSPS) is 19.1. The van der Waals surface area contributed by atoms with Gasteiger partial charge in [-0.25, -0.2) is 4.79 Å². The molecule has 0 spiro atoms. The monoisotopic (exact) mass is 234 g/mol. The molecular formula is C12H15BO4. The fourth-order valence-electron chi connectivity index (χ4n) is 1.77. The molecule has 5 heteroatoms. The highest BCUT2D eigenvalue weighted by atomic mass is 16.6. The van der Waals surface area contributed by atoms with Crippen molar-refractivity contribution in [1.82, 2.24) is 0 Å². The molecule has 1 aliphatic rings. The van der Waals surface area contributed by atoms with Gasteiger partial charge in [0.2, 0.25) is 0 Å². The molecule has 2 rings (SSSR count). The lowest BCUT2D eigenvalue weighted by Crippen LogP contribution is -2.48. The van der Waals surface area contributed by atoms with Gasteiger partial charge in [0.15, 0.2) is 0 Å². The number of carboxylic acids is 1. The first-order valence-corrected chi connectivity index (χ1v) is 5.55. The van der Waals surface area contributed by atoms with Crippen molar-refractivity contribution in [3.8, 4) is 0 Å². The summed E-state index contributed by atoms with van der Waals surface area (Å²) < 4.78 is 11.2. The summed E-state index contributed by atoms with van der Waals surface area (Å²) in [6.45, 7) is 5.22. The Morgan fingerprint density at radius 2 is 1.88 bits per heavy atom. The van der Waals surface area contributed by atoms with Gasteiger partial charge >= 0.3 is 13.1 Å². The zero-order valence-electron chi connectivity index (χ0n) is 9.97. The molecule has 4 nitrogen and oxygen atoms in total. The van der Waals surface area contributed by atoms with Crippen LogP contribution in [0.1, 0.15) is 24.2 Å². The summed E-state index contributed by atoms with van der Waals surface area (Å²) in [6.07, 6.45) is 0. The van der Waals surface area contributed by atoms with Crippen molar-refractivity contribution in [2.24, 2.45) is 5.41 Å². The van der Waals surface area contributed by atoms with E-state index in [2.05, 4.69) is 0 Å². The highest BCUT2D eigenvalue weighted by Crippen LogP contribution is 2.21. The predicted molar refractivity (Wildman–Crippen MR) is 64.5 cm³/mol. The summed E-state index contributed by atoms with van der Waals surface area (Å²) in [5, 5.41) is 9.09.